The molecule has 0 saturated carbocycles. The van der Waals surface area contributed by atoms with Crippen molar-refractivity contribution in [3.05, 3.63) is 12.4 Å². The Balaban J connectivity index is 2.74. The van der Waals surface area contributed by atoms with Gasteiger partial charge in [-0.3, -0.25) is 9.48 Å². The number of carbonyl (C=O) groups is 1. The highest BCUT2D eigenvalue weighted by Gasteiger charge is 2.22. The van der Waals surface area contributed by atoms with Crippen molar-refractivity contribution in [2.24, 2.45) is 5.92 Å². The molecule has 0 bridgehead atoms. The van der Waals surface area contributed by atoms with Crippen LogP contribution in [0.5, 0.6) is 0 Å². The highest BCUT2D eigenvalue weighted by Crippen LogP contribution is 2.14. The number of aliphatic carboxylic acids is 1. The summed E-state index contributed by atoms with van der Waals surface area (Å²) in [7, 11) is -2.02. The first-order valence-corrected chi connectivity index (χ1v) is 7.88. The van der Waals surface area contributed by atoms with Crippen LogP contribution in [0.2, 0.25) is 0 Å². The van der Waals surface area contributed by atoms with E-state index in [1.54, 1.807) is 0 Å². The lowest BCUT2D eigenvalue weighted by atomic mass is 10.1. The van der Waals surface area contributed by atoms with E-state index in [-0.39, 0.29) is 17.9 Å². The van der Waals surface area contributed by atoms with E-state index in [0.717, 1.165) is 6.42 Å². The van der Waals surface area contributed by atoms with Gasteiger partial charge in [-0.05, 0) is 12.3 Å². The van der Waals surface area contributed by atoms with Gasteiger partial charge in [-0.25, -0.2) is 12.7 Å². The molecule has 1 rings (SSSR count). The predicted molar refractivity (Wildman–Crippen MR) is 73.8 cm³/mol. The Morgan fingerprint density at radius 1 is 1.50 bits per heavy atom. The van der Waals surface area contributed by atoms with Gasteiger partial charge in [0.25, 0.3) is 0 Å². The highest BCUT2D eigenvalue weighted by molar-refractivity contribution is 7.89. The van der Waals surface area contributed by atoms with Gasteiger partial charge in [0.15, 0.2) is 0 Å². The molecule has 0 unspecified atom stereocenters. The van der Waals surface area contributed by atoms with Crippen molar-refractivity contribution < 1.29 is 18.3 Å². The maximum Gasteiger partial charge on any atom is 0.305 e. The van der Waals surface area contributed by atoms with E-state index in [9.17, 15) is 13.2 Å². The lowest BCUT2D eigenvalue weighted by Gasteiger charge is -2.16. The van der Waals surface area contributed by atoms with Crippen molar-refractivity contribution in [3.8, 4) is 0 Å². The van der Waals surface area contributed by atoms with Crippen LogP contribution in [0.1, 0.15) is 26.7 Å². The molecular formula is C12H21N3O4S. The number of sulfonamides is 1. The molecule has 1 N–H and O–H groups in total. The molecule has 20 heavy (non-hydrogen) atoms. The largest absolute Gasteiger partial charge is 0.481 e. The molecule has 0 spiro atoms. The quantitative estimate of drug-likeness (QED) is 0.774. The SMILES string of the molecule is CC(C)CCN(C)S(=O)(=O)c1cnn(CCC(=O)O)c1. The summed E-state index contributed by atoms with van der Waals surface area (Å²) in [6, 6.07) is 0. The first-order valence-electron chi connectivity index (χ1n) is 6.44. The second-order valence-electron chi connectivity index (χ2n) is 5.09. The van der Waals surface area contributed by atoms with E-state index in [2.05, 4.69) is 5.10 Å². The third-order valence-electron chi connectivity index (χ3n) is 2.89. The standard InChI is InChI=1S/C12H21N3O4S/c1-10(2)4-6-14(3)20(18,19)11-8-13-15(9-11)7-5-12(16)17/h8-10H,4-7H2,1-3H3,(H,16,17). The van der Waals surface area contributed by atoms with Crippen LogP contribution in [0.3, 0.4) is 0 Å². The van der Waals surface area contributed by atoms with Crippen LogP contribution in [-0.4, -0.2) is 47.2 Å². The number of rotatable bonds is 8. The summed E-state index contributed by atoms with van der Waals surface area (Å²) in [6.07, 6.45) is 3.31. The summed E-state index contributed by atoms with van der Waals surface area (Å²) in [5.74, 6) is -0.523. The maximum atomic E-state index is 12.3. The normalized spacial score (nSPS) is 12.2. The Morgan fingerprint density at radius 3 is 2.70 bits per heavy atom. The number of hydrogen-bond acceptors (Lipinski definition) is 4. The van der Waals surface area contributed by atoms with Crippen LogP contribution in [0.4, 0.5) is 0 Å². The first-order chi connectivity index (χ1) is 9.23. The first kappa shape index (κ1) is 16.6. The predicted octanol–water partition coefficient (Wildman–Crippen LogP) is 1.02. The zero-order valence-corrected chi connectivity index (χ0v) is 12.8. The van der Waals surface area contributed by atoms with Crippen LogP contribution in [-0.2, 0) is 21.4 Å². The third kappa shape index (κ3) is 4.61. The summed E-state index contributed by atoms with van der Waals surface area (Å²) >= 11 is 0. The van der Waals surface area contributed by atoms with E-state index >= 15 is 0 Å². The molecule has 1 aromatic heterocycles. The average molecular weight is 303 g/mol. The highest BCUT2D eigenvalue weighted by atomic mass is 32.2. The number of aryl methyl sites for hydroxylation is 1. The lowest BCUT2D eigenvalue weighted by Crippen LogP contribution is -2.28. The zero-order valence-electron chi connectivity index (χ0n) is 12.0. The Morgan fingerprint density at radius 2 is 2.15 bits per heavy atom. The summed E-state index contributed by atoms with van der Waals surface area (Å²) < 4.78 is 27.1. The van der Waals surface area contributed by atoms with E-state index in [1.165, 1.54) is 28.4 Å². The molecule has 0 aromatic carbocycles. The van der Waals surface area contributed by atoms with Gasteiger partial charge in [-0.1, -0.05) is 13.8 Å². The second kappa shape index (κ2) is 6.85. The molecule has 0 aliphatic heterocycles. The fourth-order valence-corrected chi connectivity index (χ4v) is 2.69. The van der Waals surface area contributed by atoms with E-state index < -0.39 is 16.0 Å². The van der Waals surface area contributed by atoms with Gasteiger partial charge in [0.2, 0.25) is 10.0 Å². The second-order valence-corrected chi connectivity index (χ2v) is 7.14. The molecule has 1 heterocycles. The molecule has 0 aliphatic rings. The molecule has 0 amide bonds. The van der Waals surface area contributed by atoms with Crippen LogP contribution in [0.15, 0.2) is 17.3 Å². The zero-order chi connectivity index (χ0) is 15.3. The average Bonchev–Trinajstić information content (AvgIpc) is 2.82. The summed E-state index contributed by atoms with van der Waals surface area (Å²) in [4.78, 5) is 10.6. The minimum Gasteiger partial charge on any atom is -0.481 e. The topological polar surface area (TPSA) is 92.5 Å². The van der Waals surface area contributed by atoms with E-state index in [1.807, 2.05) is 13.8 Å². The fraction of sp³-hybridized carbons (Fsp3) is 0.667. The van der Waals surface area contributed by atoms with Crippen molar-refractivity contribution in [1.82, 2.24) is 14.1 Å². The monoisotopic (exact) mass is 303 g/mol. The number of carboxylic acids is 1. The van der Waals surface area contributed by atoms with Crippen LogP contribution < -0.4 is 0 Å². The van der Waals surface area contributed by atoms with Gasteiger partial charge >= 0.3 is 5.97 Å². The van der Waals surface area contributed by atoms with Crippen LogP contribution >= 0.6 is 0 Å². The van der Waals surface area contributed by atoms with Crippen molar-refractivity contribution in [1.29, 1.82) is 0 Å². The molecule has 7 nitrogen and oxygen atoms in total. The molecule has 0 atom stereocenters. The number of carboxylic acid groups (broad SMARTS) is 1. The minimum atomic E-state index is -3.55. The van der Waals surface area contributed by atoms with Crippen molar-refractivity contribution in [2.45, 2.75) is 38.1 Å². The van der Waals surface area contributed by atoms with Gasteiger partial charge in [0.05, 0.1) is 19.2 Å². The maximum absolute atomic E-state index is 12.3. The summed E-state index contributed by atoms with van der Waals surface area (Å²) in [5.41, 5.74) is 0. The van der Waals surface area contributed by atoms with Crippen LogP contribution in [0, 0.1) is 5.92 Å². The van der Waals surface area contributed by atoms with Crippen molar-refractivity contribution in [2.75, 3.05) is 13.6 Å². The van der Waals surface area contributed by atoms with Crippen molar-refractivity contribution in [3.63, 3.8) is 0 Å². The van der Waals surface area contributed by atoms with Gasteiger partial charge in [0, 0.05) is 19.8 Å². The van der Waals surface area contributed by atoms with Crippen LogP contribution in [0.25, 0.3) is 0 Å². The number of nitrogens with zero attached hydrogens (tertiary/aromatic N) is 3. The van der Waals surface area contributed by atoms with Gasteiger partial charge in [-0.2, -0.15) is 5.10 Å². The number of hydrogen-bond donors (Lipinski definition) is 1. The molecule has 0 saturated heterocycles. The van der Waals surface area contributed by atoms with Crippen molar-refractivity contribution >= 4 is 16.0 Å². The Hall–Kier alpha value is -1.41. The number of aromatic nitrogens is 2. The molecule has 114 valence electrons. The lowest BCUT2D eigenvalue weighted by molar-refractivity contribution is -0.137. The molecule has 0 aliphatic carbocycles. The molecular weight excluding hydrogens is 282 g/mol. The third-order valence-corrected chi connectivity index (χ3v) is 4.70. The summed E-state index contributed by atoms with van der Waals surface area (Å²) in [6.45, 7) is 4.66. The Bertz CT molecular complexity index is 551. The Labute approximate surface area is 119 Å². The smallest absolute Gasteiger partial charge is 0.305 e. The molecule has 0 radical (unpaired) electrons. The summed E-state index contributed by atoms with van der Waals surface area (Å²) in [5, 5.41) is 12.5. The Kier molecular flexibility index (Phi) is 5.70. The molecule has 0 fully saturated rings. The fourth-order valence-electron chi connectivity index (χ4n) is 1.55. The minimum absolute atomic E-state index is 0.0918. The van der Waals surface area contributed by atoms with Gasteiger partial charge in [0.1, 0.15) is 4.90 Å². The van der Waals surface area contributed by atoms with Gasteiger partial charge in [-0.15, -0.1) is 0 Å². The van der Waals surface area contributed by atoms with Gasteiger partial charge < -0.3 is 5.11 Å². The molecule has 8 heteroatoms. The van der Waals surface area contributed by atoms with E-state index in [0.29, 0.717) is 12.5 Å². The molecule has 1 aromatic rings. The van der Waals surface area contributed by atoms with E-state index in [4.69, 9.17) is 5.11 Å².